The van der Waals surface area contributed by atoms with Gasteiger partial charge in [0.25, 0.3) is 0 Å². The number of nitrogens with one attached hydrogen (secondary N) is 2. The van der Waals surface area contributed by atoms with E-state index in [9.17, 15) is 33.3 Å². The Hall–Kier alpha value is -3.89. The minimum absolute atomic E-state index is 0.0131. The normalized spacial score (nSPS) is 12.5. The third-order valence-corrected chi connectivity index (χ3v) is 4.35. The highest BCUT2D eigenvalue weighted by Crippen LogP contribution is 2.19. The van der Waals surface area contributed by atoms with Crippen LogP contribution in [0.2, 0.25) is 0 Å². The average molecular weight is 434 g/mol. The molecule has 0 heterocycles. The fourth-order valence-corrected chi connectivity index (χ4v) is 2.87. The number of rotatable bonds is 9. The van der Waals surface area contributed by atoms with Crippen LogP contribution >= 0.6 is 0 Å². The standard InChI is InChI=1S/C20H20F2N4O5/c1-11(27)24-17(8-12-2-5-14(21)6-3-12)20(29)25-16(19(23)28)9-13-4-7-15(22)18(10-13)26(30)31/h2-7,10,16-17H,8-9H2,1H3,(H2,23,28)(H,24,27)(H,25,29)/t16-,17-/m0/s1. The summed E-state index contributed by atoms with van der Waals surface area (Å²) >= 11 is 0. The van der Waals surface area contributed by atoms with Crippen molar-refractivity contribution in [3.05, 3.63) is 75.3 Å². The van der Waals surface area contributed by atoms with E-state index in [0.29, 0.717) is 5.56 Å². The fraction of sp³-hybridized carbons (Fsp3) is 0.250. The van der Waals surface area contributed by atoms with Crippen molar-refractivity contribution >= 4 is 23.4 Å². The molecular formula is C20H20F2N4O5. The third kappa shape index (κ3) is 6.84. The molecule has 0 aliphatic rings. The molecule has 9 nitrogen and oxygen atoms in total. The molecule has 0 aliphatic carbocycles. The van der Waals surface area contributed by atoms with Crippen molar-refractivity contribution in [1.29, 1.82) is 0 Å². The molecule has 164 valence electrons. The van der Waals surface area contributed by atoms with Gasteiger partial charge in [0, 0.05) is 25.8 Å². The van der Waals surface area contributed by atoms with Crippen LogP contribution in [0.5, 0.6) is 0 Å². The summed E-state index contributed by atoms with van der Waals surface area (Å²) in [6.07, 6.45) is -0.218. The molecule has 2 aromatic rings. The van der Waals surface area contributed by atoms with E-state index >= 15 is 0 Å². The van der Waals surface area contributed by atoms with E-state index in [1.807, 2.05) is 0 Å². The van der Waals surface area contributed by atoms with Crippen LogP contribution in [0.25, 0.3) is 0 Å². The SMILES string of the molecule is CC(=O)N[C@@H](Cc1ccc(F)cc1)C(=O)N[C@@H](Cc1ccc(F)c([N+](=O)[O-])c1)C(N)=O. The lowest BCUT2D eigenvalue weighted by atomic mass is 10.0. The van der Waals surface area contributed by atoms with Crippen molar-refractivity contribution in [2.75, 3.05) is 0 Å². The van der Waals surface area contributed by atoms with Gasteiger partial charge in [0.1, 0.15) is 17.9 Å². The van der Waals surface area contributed by atoms with Crippen molar-refractivity contribution in [1.82, 2.24) is 10.6 Å². The average Bonchev–Trinajstić information content (AvgIpc) is 2.69. The molecule has 4 N–H and O–H groups in total. The molecule has 0 aliphatic heterocycles. The van der Waals surface area contributed by atoms with Crippen LogP contribution in [-0.4, -0.2) is 34.7 Å². The number of nitro benzene ring substituents is 1. The Labute approximate surface area is 175 Å². The Morgan fingerprint density at radius 2 is 1.58 bits per heavy atom. The highest BCUT2D eigenvalue weighted by atomic mass is 19.1. The van der Waals surface area contributed by atoms with Crippen LogP contribution in [0.4, 0.5) is 14.5 Å². The molecule has 0 unspecified atom stereocenters. The van der Waals surface area contributed by atoms with Crippen molar-refractivity contribution in [3.8, 4) is 0 Å². The van der Waals surface area contributed by atoms with Crippen LogP contribution < -0.4 is 16.4 Å². The Kier molecular flexibility index (Phi) is 7.72. The van der Waals surface area contributed by atoms with E-state index in [1.165, 1.54) is 37.3 Å². The molecule has 0 fully saturated rings. The predicted molar refractivity (Wildman–Crippen MR) is 106 cm³/mol. The van der Waals surface area contributed by atoms with E-state index in [1.54, 1.807) is 0 Å². The zero-order valence-electron chi connectivity index (χ0n) is 16.4. The Balaban J connectivity index is 2.18. The molecule has 0 aromatic heterocycles. The third-order valence-electron chi connectivity index (χ3n) is 4.35. The monoisotopic (exact) mass is 434 g/mol. The van der Waals surface area contributed by atoms with Gasteiger partial charge in [-0.1, -0.05) is 18.2 Å². The number of benzene rings is 2. The molecule has 2 aromatic carbocycles. The summed E-state index contributed by atoms with van der Waals surface area (Å²) < 4.78 is 26.6. The van der Waals surface area contributed by atoms with Gasteiger partial charge in [0.2, 0.25) is 23.5 Å². The zero-order valence-corrected chi connectivity index (χ0v) is 16.4. The number of nitrogens with zero attached hydrogens (tertiary/aromatic N) is 1. The minimum atomic E-state index is -1.28. The largest absolute Gasteiger partial charge is 0.368 e. The molecule has 0 radical (unpaired) electrons. The summed E-state index contributed by atoms with van der Waals surface area (Å²) in [6.45, 7) is 1.20. The Morgan fingerprint density at radius 3 is 2.13 bits per heavy atom. The van der Waals surface area contributed by atoms with Gasteiger partial charge in [0.05, 0.1) is 4.92 Å². The van der Waals surface area contributed by atoms with Gasteiger partial charge in [-0.15, -0.1) is 0 Å². The summed E-state index contributed by atoms with van der Waals surface area (Å²) in [5.41, 5.74) is 5.32. The van der Waals surface area contributed by atoms with Gasteiger partial charge >= 0.3 is 5.69 Å². The van der Waals surface area contributed by atoms with Gasteiger partial charge < -0.3 is 16.4 Å². The molecule has 0 saturated carbocycles. The molecule has 11 heteroatoms. The first-order chi connectivity index (χ1) is 14.6. The summed E-state index contributed by atoms with van der Waals surface area (Å²) in [4.78, 5) is 46.0. The smallest absolute Gasteiger partial charge is 0.305 e. The Bertz CT molecular complexity index is 998. The first-order valence-electron chi connectivity index (χ1n) is 9.11. The summed E-state index contributed by atoms with van der Waals surface area (Å²) in [6, 6.07) is 5.98. The maximum atomic E-state index is 13.5. The Morgan fingerprint density at radius 1 is 1.00 bits per heavy atom. The summed E-state index contributed by atoms with van der Waals surface area (Å²) in [7, 11) is 0. The molecule has 0 bridgehead atoms. The van der Waals surface area contributed by atoms with E-state index in [2.05, 4.69) is 10.6 Å². The van der Waals surface area contributed by atoms with Gasteiger partial charge in [0.15, 0.2) is 0 Å². The topological polar surface area (TPSA) is 144 Å². The summed E-state index contributed by atoms with van der Waals surface area (Å²) in [5, 5.41) is 15.7. The number of amides is 3. The van der Waals surface area contributed by atoms with Crippen LogP contribution in [0, 0.1) is 21.7 Å². The second kappa shape index (κ2) is 10.2. The molecule has 2 rings (SSSR count). The van der Waals surface area contributed by atoms with Crippen LogP contribution in [-0.2, 0) is 27.2 Å². The van der Waals surface area contributed by atoms with Gasteiger partial charge in [-0.05, 0) is 29.3 Å². The van der Waals surface area contributed by atoms with Crippen molar-refractivity contribution in [3.63, 3.8) is 0 Å². The van der Waals surface area contributed by atoms with Crippen molar-refractivity contribution in [2.45, 2.75) is 31.8 Å². The van der Waals surface area contributed by atoms with Gasteiger partial charge in [-0.3, -0.25) is 24.5 Å². The van der Waals surface area contributed by atoms with Crippen molar-refractivity contribution in [2.24, 2.45) is 5.73 Å². The van der Waals surface area contributed by atoms with E-state index < -0.39 is 52.1 Å². The molecular weight excluding hydrogens is 414 g/mol. The first-order valence-corrected chi connectivity index (χ1v) is 9.11. The number of nitrogens with two attached hydrogens (primary N) is 1. The lowest BCUT2D eigenvalue weighted by Crippen LogP contribution is -2.54. The van der Waals surface area contributed by atoms with Gasteiger partial charge in [-0.25, -0.2) is 4.39 Å². The second-order valence-corrected chi connectivity index (χ2v) is 6.79. The van der Waals surface area contributed by atoms with Crippen molar-refractivity contribution < 1.29 is 28.1 Å². The van der Waals surface area contributed by atoms with Crippen LogP contribution in [0.1, 0.15) is 18.1 Å². The number of hydrogen-bond donors (Lipinski definition) is 3. The fourth-order valence-electron chi connectivity index (χ4n) is 2.87. The van der Waals surface area contributed by atoms with Crippen LogP contribution in [0.15, 0.2) is 42.5 Å². The van der Waals surface area contributed by atoms with E-state index in [0.717, 1.165) is 12.1 Å². The lowest BCUT2D eigenvalue weighted by molar-refractivity contribution is -0.387. The molecule has 2 atom stereocenters. The zero-order chi connectivity index (χ0) is 23.1. The number of hydrogen-bond acceptors (Lipinski definition) is 5. The van der Waals surface area contributed by atoms with Gasteiger partial charge in [-0.2, -0.15) is 4.39 Å². The summed E-state index contributed by atoms with van der Waals surface area (Å²) in [5.74, 6) is -3.68. The lowest BCUT2D eigenvalue weighted by Gasteiger charge is -2.22. The molecule has 0 spiro atoms. The second-order valence-electron chi connectivity index (χ2n) is 6.79. The quantitative estimate of drug-likeness (QED) is 0.400. The molecule has 3 amide bonds. The number of halogens is 2. The number of primary amides is 1. The maximum absolute atomic E-state index is 13.5. The minimum Gasteiger partial charge on any atom is -0.368 e. The van der Waals surface area contributed by atoms with Crippen LogP contribution in [0.3, 0.4) is 0 Å². The highest BCUT2D eigenvalue weighted by Gasteiger charge is 2.26. The van der Waals surface area contributed by atoms with E-state index in [-0.39, 0.29) is 18.4 Å². The highest BCUT2D eigenvalue weighted by molar-refractivity contribution is 5.91. The van der Waals surface area contributed by atoms with E-state index in [4.69, 9.17) is 5.73 Å². The number of nitro groups is 1. The maximum Gasteiger partial charge on any atom is 0.305 e. The molecule has 31 heavy (non-hydrogen) atoms. The molecule has 0 saturated heterocycles. The predicted octanol–water partition coefficient (Wildman–Crippen LogP) is 1.13. The number of carbonyl (C=O) groups is 3. The first kappa shape index (κ1) is 23.4. The number of carbonyl (C=O) groups excluding carboxylic acids is 3.